The Morgan fingerprint density at radius 2 is 1.21 bits per heavy atom. The van der Waals surface area contributed by atoms with E-state index in [-0.39, 0.29) is 16.3 Å². The molecule has 0 aliphatic rings. The van der Waals surface area contributed by atoms with Gasteiger partial charge >= 0.3 is 11.9 Å². The summed E-state index contributed by atoms with van der Waals surface area (Å²) in [6, 6.07) is 14.1. The second kappa shape index (κ2) is 5.23. The lowest BCUT2D eigenvalue weighted by atomic mass is 9.86. The first-order chi connectivity index (χ1) is 13.4. The van der Waals surface area contributed by atoms with Crippen LogP contribution in [0.1, 0.15) is 20.7 Å². The van der Waals surface area contributed by atoms with Gasteiger partial charge in [0, 0.05) is 16.2 Å². The number of fused-ring (bicyclic) bond motifs is 2. The van der Waals surface area contributed by atoms with E-state index in [4.69, 9.17) is 0 Å². The van der Waals surface area contributed by atoms with Crippen molar-refractivity contribution < 1.29 is 30.0 Å². The molecule has 0 heterocycles. The number of rotatable bonds is 2. The van der Waals surface area contributed by atoms with Crippen molar-refractivity contribution in [1.82, 2.24) is 0 Å². The minimum atomic E-state index is -1.54. The van der Waals surface area contributed by atoms with Gasteiger partial charge in [-0.15, -0.1) is 0 Å². The maximum absolute atomic E-state index is 11.8. The first kappa shape index (κ1) is 16.1. The largest absolute Gasteiger partial charge is 0.506 e. The molecule has 0 unspecified atom stereocenters. The highest BCUT2D eigenvalue weighted by molar-refractivity contribution is 6.37. The zero-order valence-electron chi connectivity index (χ0n) is 14.2. The Labute approximate surface area is 156 Å². The second-order valence-electron chi connectivity index (χ2n) is 6.68. The van der Waals surface area contributed by atoms with Gasteiger partial charge in [0.05, 0.1) is 5.56 Å². The Morgan fingerprint density at radius 3 is 1.86 bits per heavy atom. The summed E-state index contributed by atoms with van der Waals surface area (Å²) in [4.78, 5) is 23.5. The number of benzene rings is 5. The highest BCUT2D eigenvalue weighted by atomic mass is 16.4. The van der Waals surface area contributed by atoms with Gasteiger partial charge in [0.25, 0.3) is 0 Å². The van der Waals surface area contributed by atoms with Gasteiger partial charge in [-0.1, -0.05) is 42.5 Å². The lowest BCUT2D eigenvalue weighted by Crippen LogP contribution is -2.04. The predicted octanol–water partition coefficient (Wildman–Crippen LogP) is 4.54. The zero-order valence-corrected chi connectivity index (χ0v) is 14.2. The smallest absolute Gasteiger partial charge is 0.343 e. The summed E-state index contributed by atoms with van der Waals surface area (Å²) in [7, 11) is 0. The van der Waals surface area contributed by atoms with Crippen molar-refractivity contribution in [2.24, 2.45) is 0 Å². The van der Waals surface area contributed by atoms with Crippen LogP contribution in [0.15, 0.2) is 48.5 Å². The molecule has 0 fully saturated rings. The number of carboxylic acids is 2. The van der Waals surface area contributed by atoms with E-state index in [1.165, 1.54) is 6.07 Å². The molecule has 0 bridgehead atoms. The Morgan fingerprint density at radius 1 is 0.607 bits per heavy atom. The molecule has 5 aromatic carbocycles. The number of aromatic carboxylic acids is 2. The van der Waals surface area contributed by atoms with Crippen molar-refractivity contribution in [3.63, 3.8) is 0 Å². The highest BCUT2D eigenvalue weighted by Gasteiger charge is 2.28. The standard InChI is InChI=1S/C22H12O6/c23-19-16-12-6-2-4-9-3-1-5-10(14(9)12)11-7-8-13(21(25)26)17(15(11)16)20(24)18(19)22(27)28/h1-8,23-24H,(H,25,26)(H,27,28). The summed E-state index contributed by atoms with van der Waals surface area (Å²) in [6.07, 6.45) is 0. The fourth-order valence-corrected chi connectivity index (χ4v) is 4.23. The fraction of sp³-hybridized carbons (Fsp3) is 0. The summed E-state index contributed by atoms with van der Waals surface area (Å²) in [5, 5.41) is 44.8. The number of carbonyl (C=O) groups is 2. The van der Waals surface area contributed by atoms with Crippen LogP contribution in [0.5, 0.6) is 11.5 Å². The summed E-state index contributed by atoms with van der Waals surface area (Å²) in [5.41, 5.74) is -0.940. The third-order valence-electron chi connectivity index (χ3n) is 5.31. The van der Waals surface area contributed by atoms with Crippen LogP contribution < -0.4 is 0 Å². The maximum Gasteiger partial charge on any atom is 0.343 e. The van der Waals surface area contributed by atoms with Crippen molar-refractivity contribution in [3.05, 3.63) is 59.7 Å². The molecule has 6 nitrogen and oxygen atoms in total. The molecule has 0 aromatic heterocycles. The summed E-state index contributed by atoms with van der Waals surface area (Å²) in [5.74, 6) is -4.18. The van der Waals surface area contributed by atoms with Gasteiger partial charge in [0.1, 0.15) is 17.1 Å². The molecule has 0 saturated carbocycles. The number of hydrogen-bond donors (Lipinski definition) is 4. The van der Waals surface area contributed by atoms with Gasteiger partial charge in [-0.2, -0.15) is 0 Å². The molecule has 6 heteroatoms. The Balaban J connectivity index is 2.27. The molecular formula is C22H12O6. The normalized spacial score (nSPS) is 11.7. The SMILES string of the molecule is O=C(O)c1c(O)c2c(C(=O)O)ccc3c4cccc5cccc(c(c1O)c23)c54. The fourth-order valence-electron chi connectivity index (χ4n) is 4.23. The molecule has 0 saturated heterocycles. The minimum Gasteiger partial charge on any atom is -0.506 e. The summed E-state index contributed by atoms with van der Waals surface area (Å²) < 4.78 is 0. The summed E-state index contributed by atoms with van der Waals surface area (Å²) in [6.45, 7) is 0. The van der Waals surface area contributed by atoms with Crippen molar-refractivity contribution in [2.75, 3.05) is 0 Å². The first-order valence-electron chi connectivity index (χ1n) is 8.45. The Bertz CT molecular complexity index is 1480. The third kappa shape index (κ3) is 1.81. The highest BCUT2D eigenvalue weighted by Crippen LogP contribution is 2.49. The quantitative estimate of drug-likeness (QED) is 0.267. The second-order valence-corrected chi connectivity index (χ2v) is 6.68. The molecule has 5 rings (SSSR count). The van der Waals surface area contributed by atoms with E-state index in [2.05, 4.69) is 0 Å². The van der Waals surface area contributed by atoms with Crippen molar-refractivity contribution in [2.45, 2.75) is 0 Å². The van der Waals surface area contributed by atoms with Crippen LogP contribution in [-0.4, -0.2) is 32.4 Å². The van der Waals surface area contributed by atoms with Gasteiger partial charge in [-0.05, 0) is 33.0 Å². The molecule has 0 radical (unpaired) electrons. The average Bonchev–Trinajstić information content (AvgIpc) is 2.66. The summed E-state index contributed by atoms with van der Waals surface area (Å²) >= 11 is 0. The van der Waals surface area contributed by atoms with E-state index in [0.29, 0.717) is 16.2 Å². The van der Waals surface area contributed by atoms with Crippen LogP contribution in [0.4, 0.5) is 0 Å². The Kier molecular flexibility index (Phi) is 3.02. The molecule has 0 spiro atoms. The van der Waals surface area contributed by atoms with E-state index in [1.807, 2.05) is 24.3 Å². The molecule has 28 heavy (non-hydrogen) atoms. The van der Waals surface area contributed by atoms with Crippen LogP contribution in [0.3, 0.4) is 0 Å². The molecule has 136 valence electrons. The number of phenols is 2. The number of carboxylic acid groups (broad SMARTS) is 2. The van der Waals surface area contributed by atoms with E-state index < -0.39 is 29.0 Å². The molecule has 5 aromatic rings. The lowest BCUT2D eigenvalue weighted by molar-refractivity contribution is 0.0680. The van der Waals surface area contributed by atoms with Crippen LogP contribution in [0.25, 0.3) is 43.1 Å². The maximum atomic E-state index is 11.8. The number of aromatic hydroxyl groups is 2. The van der Waals surface area contributed by atoms with Gasteiger partial charge in [0.15, 0.2) is 0 Å². The van der Waals surface area contributed by atoms with E-state index in [9.17, 15) is 30.0 Å². The number of hydrogen-bond acceptors (Lipinski definition) is 4. The lowest BCUT2D eigenvalue weighted by Gasteiger charge is -2.18. The van der Waals surface area contributed by atoms with E-state index >= 15 is 0 Å². The zero-order chi connectivity index (χ0) is 19.7. The van der Waals surface area contributed by atoms with Gasteiger partial charge in [-0.25, -0.2) is 9.59 Å². The van der Waals surface area contributed by atoms with E-state index in [0.717, 1.165) is 16.2 Å². The average molecular weight is 372 g/mol. The van der Waals surface area contributed by atoms with Crippen molar-refractivity contribution >= 4 is 55.0 Å². The molecule has 0 atom stereocenters. The Hall–Kier alpha value is -4.06. The third-order valence-corrected chi connectivity index (χ3v) is 5.31. The predicted molar refractivity (Wildman–Crippen MR) is 105 cm³/mol. The van der Waals surface area contributed by atoms with Crippen LogP contribution >= 0.6 is 0 Å². The van der Waals surface area contributed by atoms with Crippen molar-refractivity contribution in [1.29, 1.82) is 0 Å². The van der Waals surface area contributed by atoms with E-state index in [1.54, 1.807) is 18.2 Å². The molecular weight excluding hydrogens is 360 g/mol. The molecule has 0 amide bonds. The van der Waals surface area contributed by atoms with Gasteiger partial charge in [-0.3, -0.25) is 0 Å². The minimum absolute atomic E-state index is 0.0956. The van der Waals surface area contributed by atoms with Crippen molar-refractivity contribution in [3.8, 4) is 11.5 Å². The van der Waals surface area contributed by atoms with Gasteiger partial charge < -0.3 is 20.4 Å². The molecule has 0 aliphatic heterocycles. The van der Waals surface area contributed by atoms with Crippen LogP contribution in [0.2, 0.25) is 0 Å². The first-order valence-corrected chi connectivity index (χ1v) is 8.45. The topological polar surface area (TPSA) is 115 Å². The van der Waals surface area contributed by atoms with Crippen LogP contribution in [-0.2, 0) is 0 Å². The monoisotopic (exact) mass is 372 g/mol. The molecule has 4 N–H and O–H groups in total. The van der Waals surface area contributed by atoms with Crippen LogP contribution in [0, 0.1) is 0 Å². The van der Waals surface area contributed by atoms with Gasteiger partial charge in [0.2, 0.25) is 0 Å². The molecule has 0 aliphatic carbocycles.